The predicted molar refractivity (Wildman–Crippen MR) is 61.7 cm³/mol. The molecule has 1 aromatic rings. The van der Waals surface area contributed by atoms with Gasteiger partial charge in [-0.05, 0) is 25.1 Å². The van der Waals surface area contributed by atoms with Crippen molar-refractivity contribution in [3.63, 3.8) is 0 Å². The molecule has 18 heavy (non-hydrogen) atoms. The molecule has 3 N–H and O–H groups in total. The minimum atomic E-state index is -1.39. The van der Waals surface area contributed by atoms with E-state index in [4.69, 9.17) is 10.4 Å². The van der Waals surface area contributed by atoms with Gasteiger partial charge in [0.25, 0.3) is 5.91 Å². The normalized spacial score (nSPS) is 13.2. The molecule has 0 spiro atoms. The first-order valence-corrected chi connectivity index (χ1v) is 5.17. The van der Waals surface area contributed by atoms with Gasteiger partial charge in [0.1, 0.15) is 0 Å². The Balaban J connectivity index is 2.87. The molecule has 6 nitrogen and oxygen atoms in total. The van der Waals surface area contributed by atoms with Crippen LogP contribution < -0.4 is 5.32 Å². The SMILES string of the molecule is CC(O)C(NC(=O)c1cccc(C#N)c1)C(=O)O. The van der Waals surface area contributed by atoms with Gasteiger partial charge in [-0.15, -0.1) is 0 Å². The maximum atomic E-state index is 11.7. The zero-order valence-corrected chi connectivity index (χ0v) is 9.62. The molecular formula is C12H12N2O4. The first-order valence-electron chi connectivity index (χ1n) is 5.17. The van der Waals surface area contributed by atoms with Gasteiger partial charge in [-0.1, -0.05) is 6.07 Å². The molecule has 94 valence electrons. The Morgan fingerprint density at radius 3 is 2.61 bits per heavy atom. The number of aliphatic carboxylic acids is 1. The monoisotopic (exact) mass is 248 g/mol. The first kappa shape index (κ1) is 13.7. The van der Waals surface area contributed by atoms with Crippen molar-refractivity contribution in [1.29, 1.82) is 5.26 Å². The summed E-state index contributed by atoms with van der Waals surface area (Å²) in [5.74, 6) is -1.98. The van der Waals surface area contributed by atoms with Crippen molar-refractivity contribution < 1.29 is 19.8 Å². The van der Waals surface area contributed by atoms with E-state index in [1.807, 2.05) is 6.07 Å². The quantitative estimate of drug-likeness (QED) is 0.701. The fourth-order valence-electron chi connectivity index (χ4n) is 1.34. The topological polar surface area (TPSA) is 110 Å². The Hall–Kier alpha value is -2.39. The second-order valence-corrected chi connectivity index (χ2v) is 3.72. The minimum absolute atomic E-state index is 0.168. The number of hydrogen-bond acceptors (Lipinski definition) is 4. The number of nitrogens with one attached hydrogen (secondary N) is 1. The summed E-state index contributed by atoms with van der Waals surface area (Å²) in [6, 6.07) is 6.34. The lowest BCUT2D eigenvalue weighted by atomic mass is 10.1. The molecule has 0 aliphatic carbocycles. The van der Waals surface area contributed by atoms with Gasteiger partial charge in [0, 0.05) is 5.56 Å². The smallest absolute Gasteiger partial charge is 0.328 e. The van der Waals surface area contributed by atoms with Crippen LogP contribution in [0.1, 0.15) is 22.8 Å². The second-order valence-electron chi connectivity index (χ2n) is 3.72. The van der Waals surface area contributed by atoms with Gasteiger partial charge in [0.2, 0.25) is 0 Å². The van der Waals surface area contributed by atoms with E-state index in [0.717, 1.165) is 0 Å². The lowest BCUT2D eigenvalue weighted by Crippen LogP contribution is -2.47. The van der Waals surface area contributed by atoms with Crippen LogP contribution in [0.25, 0.3) is 0 Å². The number of carbonyl (C=O) groups is 2. The number of hydrogen-bond donors (Lipinski definition) is 3. The number of aliphatic hydroxyl groups excluding tert-OH is 1. The zero-order chi connectivity index (χ0) is 13.7. The average Bonchev–Trinajstić information content (AvgIpc) is 2.34. The fraction of sp³-hybridized carbons (Fsp3) is 0.250. The highest BCUT2D eigenvalue weighted by molar-refractivity contribution is 5.97. The van der Waals surface area contributed by atoms with Crippen LogP contribution in [0.4, 0.5) is 0 Å². The summed E-state index contributed by atoms with van der Waals surface area (Å²) in [6.45, 7) is 1.27. The van der Waals surface area contributed by atoms with E-state index in [0.29, 0.717) is 5.56 Å². The van der Waals surface area contributed by atoms with E-state index in [1.54, 1.807) is 0 Å². The molecule has 0 saturated carbocycles. The molecule has 2 unspecified atom stereocenters. The van der Waals surface area contributed by atoms with E-state index >= 15 is 0 Å². The molecule has 1 aromatic carbocycles. The van der Waals surface area contributed by atoms with Gasteiger partial charge in [-0.25, -0.2) is 4.79 Å². The summed E-state index contributed by atoms with van der Waals surface area (Å²) in [7, 11) is 0. The number of carbonyl (C=O) groups excluding carboxylic acids is 1. The highest BCUT2D eigenvalue weighted by atomic mass is 16.4. The van der Waals surface area contributed by atoms with Gasteiger partial charge in [0.15, 0.2) is 6.04 Å². The van der Waals surface area contributed by atoms with Crippen molar-refractivity contribution in [3.05, 3.63) is 35.4 Å². The number of nitriles is 1. The second kappa shape index (κ2) is 5.80. The molecular weight excluding hydrogens is 236 g/mol. The average molecular weight is 248 g/mol. The summed E-state index contributed by atoms with van der Waals surface area (Å²) in [5, 5.41) is 28.9. The van der Waals surface area contributed by atoms with Crippen molar-refractivity contribution in [2.24, 2.45) is 0 Å². The Kier molecular flexibility index (Phi) is 4.40. The molecule has 0 heterocycles. The number of carboxylic acids is 1. The van der Waals surface area contributed by atoms with Crippen LogP contribution in [0, 0.1) is 11.3 Å². The lowest BCUT2D eigenvalue weighted by molar-refractivity contribution is -0.141. The maximum absolute atomic E-state index is 11.7. The van der Waals surface area contributed by atoms with Crippen LogP contribution in [-0.2, 0) is 4.79 Å². The summed E-state index contributed by atoms with van der Waals surface area (Å²) in [5.41, 5.74) is 0.465. The van der Waals surface area contributed by atoms with Crippen molar-refractivity contribution in [2.75, 3.05) is 0 Å². The molecule has 0 bridgehead atoms. The van der Waals surface area contributed by atoms with Gasteiger partial charge in [-0.2, -0.15) is 5.26 Å². The lowest BCUT2D eigenvalue weighted by Gasteiger charge is -2.16. The Labute approximate surface area is 103 Å². The van der Waals surface area contributed by atoms with Gasteiger partial charge in [0.05, 0.1) is 17.7 Å². The third-order valence-electron chi connectivity index (χ3n) is 2.29. The number of rotatable bonds is 4. The van der Waals surface area contributed by atoms with E-state index in [-0.39, 0.29) is 5.56 Å². The minimum Gasteiger partial charge on any atom is -0.480 e. The van der Waals surface area contributed by atoms with Gasteiger partial charge >= 0.3 is 5.97 Å². The molecule has 0 aromatic heterocycles. The third kappa shape index (κ3) is 3.30. The molecule has 2 atom stereocenters. The standard InChI is InChI=1S/C12H12N2O4/c1-7(15)10(12(17)18)14-11(16)9-4-2-3-8(5-9)6-13/h2-5,7,10,15H,1H3,(H,14,16)(H,17,18). The summed E-state index contributed by atoms with van der Waals surface area (Å²) < 4.78 is 0. The Morgan fingerprint density at radius 1 is 1.44 bits per heavy atom. The number of amides is 1. The molecule has 1 amide bonds. The Bertz CT molecular complexity index is 505. The highest BCUT2D eigenvalue weighted by Gasteiger charge is 2.25. The van der Waals surface area contributed by atoms with Crippen molar-refractivity contribution in [3.8, 4) is 6.07 Å². The third-order valence-corrected chi connectivity index (χ3v) is 2.29. The van der Waals surface area contributed by atoms with E-state index < -0.39 is 24.0 Å². The maximum Gasteiger partial charge on any atom is 0.328 e. The first-order chi connectivity index (χ1) is 8.45. The van der Waals surface area contributed by atoms with Crippen LogP contribution in [-0.4, -0.2) is 34.2 Å². The molecule has 1 rings (SSSR count). The van der Waals surface area contributed by atoms with Crippen LogP contribution in [0.3, 0.4) is 0 Å². The number of aliphatic hydroxyl groups is 1. The zero-order valence-electron chi connectivity index (χ0n) is 9.62. The molecule has 0 saturated heterocycles. The van der Waals surface area contributed by atoms with Crippen LogP contribution in [0.15, 0.2) is 24.3 Å². The molecule has 0 radical (unpaired) electrons. The predicted octanol–water partition coefficient (Wildman–Crippen LogP) is 0.122. The molecule has 0 fully saturated rings. The fourth-order valence-corrected chi connectivity index (χ4v) is 1.34. The van der Waals surface area contributed by atoms with E-state index in [9.17, 15) is 14.7 Å². The number of nitrogens with zero attached hydrogens (tertiary/aromatic N) is 1. The number of benzene rings is 1. The van der Waals surface area contributed by atoms with Crippen LogP contribution in [0.2, 0.25) is 0 Å². The van der Waals surface area contributed by atoms with E-state index in [2.05, 4.69) is 5.32 Å². The van der Waals surface area contributed by atoms with E-state index in [1.165, 1.54) is 31.2 Å². The van der Waals surface area contributed by atoms with Gasteiger partial charge < -0.3 is 15.5 Å². The molecule has 0 aliphatic heterocycles. The Morgan fingerprint density at radius 2 is 2.11 bits per heavy atom. The van der Waals surface area contributed by atoms with Gasteiger partial charge in [-0.3, -0.25) is 4.79 Å². The van der Waals surface area contributed by atoms with Crippen molar-refractivity contribution in [1.82, 2.24) is 5.32 Å². The summed E-state index contributed by atoms with van der Waals surface area (Å²) in [4.78, 5) is 22.5. The highest BCUT2D eigenvalue weighted by Crippen LogP contribution is 2.05. The summed E-state index contributed by atoms with van der Waals surface area (Å²) in [6.07, 6.45) is -1.22. The molecule has 0 aliphatic rings. The summed E-state index contributed by atoms with van der Waals surface area (Å²) >= 11 is 0. The molecule has 6 heteroatoms. The largest absolute Gasteiger partial charge is 0.480 e. The van der Waals surface area contributed by atoms with Crippen LogP contribution in [0.5, 0.6) is 0 Å². The van der Waals surface area contributed by atoms with Crippen molar-refractivity contribution >= 4 is 11.9 Å². The van der Waals surface area contributed by atoms with Crippen LogP contribution >= 0.6 is 0 Å². The number of carboxylic acid groups (broad SMARTS) is 1. The van der Waals surface area contributed by atoms with Crippen molar-refractivity contribution in [2.45, 2.75) is 19.1 Å².